The van der Waals surface area contributed by atoms with E-state index in [0.29, 0.717) is 33.1 Å². The number of halogens is 5. The average Bonchev–Trinajstić information content (AvgIpc) is 3.24. The van der Waals surface area contributed by atoms with Crippen LogP contribution >= 0.6 is 11.6 Å². The number of nitrogen functional groups attached to an aromatic ring is 1. The normalized spacial score (nSPS) is 21.2. The number of rotatable bonds is 4. The largest absolute Gasteiger partial charge is 0.421 e. The highest BCUT2D eigenvalue weighted by atomic mass is 35.5. The summed E-state index contributed by atoms with van der Waals surface area (Å²) in [6, 6.07) is 10.6. The molecule has 202 valence electrons. The second-order valence-corrected chi connectivity index (χ2v) is 10.5. The van der Waals surface area contributed by atoms with Crippen LogP contribution in [0.2, 0.25) is 5.02 Å². The molecule has 0 amide bonds. The highest BCUT2D eigenvalue weighted by Gasteiger charge is 2.54. The van der Waals surface area contributed by atoms with Crippen molar-refractivity contribution in [1.82, 2.24) is 24.8 Å². The predicted octanol–water partition coefficient (Wildman–Crippen LogP) is 5.43. The van der Waals surface area contributed by atoms with E-state index in [-0.39, 0.29) is 35.4 Å². The number of alkyl halides is 3. The van der Waals surface area contributed by atoms with Gasteiger partial charge in [-0.25, -0.2) is 4.39 Å². The monoisotopic (exact) mass is 567 g/mol. The summed E-state index contributed by atoms with van der Waals surface area (Å²) in [5.41, 5.74) is 6.56. The van der Waals surface area contributed by atoms with E-state index in [0.717, 1.165) is 18.2 Å². The minimum absolute atomic E-state index is 0.120. The third-order valence-electron chi connectivity index (χ3n) is 7.77. The summed E-state index contributed by atoms with van der Waals surface area (Å²) >= 11 is 6.29. The van der Waals surface area contributed by atoms with Gasteiger partial charge in [0.25, 0.3) is 5.56 Å². The molecule has 13 heteroatoms. The third-order valence-corrected chi connectivity index (χ3v) is 8.00. The molecule has 0 bridgehead atoms. The maximum Gasteiger partial charge on any atom is 0.421 e. The zero-order valence-corrected chi connectivity index (χ0v) is 21.2. The van der Waals surface area contributed by atoms with E-state index in [4.69, 9.17) is 17.3 Å². The van der Waals surface area contributed by atoms with Gasteiger partial charge in [0.1, 0.15) is 17.7 Å². The molecule has 1 fully saturated rings. The SMILES string of the molecule is Nc1ccc(C2=CN=C([C@@H]3[C@H]4C[C@H]4c4cc(-c5cc(Cl)ccc5-n5cnnn5)cc(=O)n43)C2)c(F)c1C(F)(F)F. The molecule has 2 aliphatic heterocycles. The number of pyridine rings is 1. The van der Waals surface area contributed by atoms with Gasteiger partial charge in [0, 0.05) is 57.8 Å². The summed E-state index contributed by atoms with van der Waals surface area (Å²) in [5, 5.41) is 11.8. The van der Waals surface area contributed by atoms with Gasteiger partial charge < -0.3 is 10.3 Å². The molecule has 1 aliphatic carbocycles. The molecule has 1 saturated carbocycles. The van der Waals surface area contributed by atoms with Crippen molar-refractivity contribution in [3.63, 3.8) is 0 Å². The summed E-state index contributed by atoms with van der Waals surface area (Å²) in [7, 11) is 0. The van der Waals surface area contributed by atoms with E-state index >= 15 is 0 Å². The lowest BCUT2D eigenvalue weighted by Gasteiger charge is -2.20. The van der Waals surface area contributed by atoms with Crippen molar-refractivity contribution >= 4 is 28.6 Å². The van der Waals surface area contributed by atoms with Crippen molar-refractivity contribution in [1.29, 1.82) is 0 Å². The lowest BCUT2D eigenvalue weighted by atomic mass is 9.95. The van der Waals surface area contributed by atoms with E-state index in [1.54, 1.807) is 22.8 Å². The smallest absolute Gasteiger partial charge is 0.398 e. The minimum Gasteiger partial charge on any atom is -0.398 e. The van der Waals surface area contributed by atoms with Crippen molar-refractivity contribution in [3.05, 3.63) is 93.0 Å². The van der Waals surface area contributed by atoms with E-state index < -0.39 is 23.2 Å². The molecule has 0 saturated heterocycles. The Morgan fingerprint density at radius 3 is 2.65 bits per heavy atom. The zero-order valence-electron chi connectivity index (χ0n) is 20.4. The Morgan fingerprint density at radius 1 is 1.07 bits per heavy atom. The van der Waals surface area contributed by atoms with Gasteiger partial charge in [-0.2, -0.15) is 17.9 Å². The molecule has 8 nitrogen and oxygen atoms in total. The Balaban J connectivity index is 1.23. The highest BCUT2D eigenvalue weighted by molar-refractivity contribution is 6.31. The number of benzene rings is 2. The number of fused-ring (bicyclic) bond motifs is 3. The topological polar surface area (TPSA) is 104 Å². The second kappa shape index (κ2) is 8.59. The molecule has 3 aliphatic rings. The quantitative estimate of drug-likeness (QED) is 0.262. The summed E-state index contributed by atoms with van der Waals surface area (Å²) in [4.78, 5) is 18.0. The summed E-state index contributed by atoms with van der Waals surface area (Å²) < 4.78 is 58.4. The van der Waals surface area contributed by atoms with Gasteiger partial charge in [0.15, 0.2) is 0 Å². The van der Waals surface area contributed by atoms with Crippen molar-refractivity contribution in [3.8, 4) is 16.8 Å². The maximum absolute atomic E-state index is 15.0. The average molecular weight is 568 g/mol. The Labute approximate surface area is 228 Å². The number of nitrogens with zero attached hydrogens (tertiary/aromatic N) is 6. The molecular weight excluding hydrogens is 550 g/mol. The van der Waals surface area contributed by atoms with E-state index in [1.807, 2.05) is 6.07 Å². The fourth-order valence-electron chi connectivity index (χ4n) is 5.96. The van der Waals surface area contributed by atoms with Gasteiger partial charge in [-0.05, 0) is 70.3 Å². The van der Waals surface area contributed by atoms with Crippen LogP contribution in [0, 0.1) is 11.7 Å². The molecule has 0 unspecified atom stereocenters. The number of tetrazole rings is 1. The first-order chi connectivity index (χ1) is 19.1. The van der Waals surface area contributed by atoms with Gasteiger partial charge in [0.2, 0.25) is 0 Å². The van der Waals surface area contributed by atoms with Crippen LogP contribution in [0.1, 0.15) is 41.6 Å². The van der Waals surface area contributed by atoms with E-state index in [1.165, 1.54) is 29.3 Å². The van der Waals surface area contributed by atoms with E-state index in [9.17, 15) is 22.4 Å². The molecule has 7 rings (SSSR count). The minimum atomic E-state index is -4.93. The van der Waals surface area contributed by atoms with Crippen LogP contribution in [0.15, 0.2) is 64.8 Å². The first-order valence-electron chi connectivity index (χ1n) is 12.3. The van der Waals surface area contributed by atoms with Gasteiger partial charge in [-0.1, -0.05) is 11.6 Å². The van der Waals surface area contributed by atoms with Gasteiger partial charge in [-0.15, -0.1) is 5.10 Å². The lowest BCUT2D eigenvalue weighted by Crippen LogP contribution is -2.29. The van der Waals surface area contributed by atoms with Crippen LogP contribution in [0.5, 0.6) is 0 Å². The van der Waals surface area contributed by atoms with Crippen LogP contribution in [-0.4, -0.2) is 30.5 Å². The van der Waals surface area contributed by atoms with Crippen LogP contribution in [-0.2, 0) is 6.18 Å². The number of hydrogen-bond acceptors (Lipinski definition) is 6. The predicted molar refractivity (Wildman–Crippen MR) is 140 cm³/mol. The fourth-order valence-corrected chi connectivity index (χ4v) is 6.13. The van der Waals surface area contributed by atoms with E-state index in [2.05, 4.69) is 20.5 Å². The highest BCUT2D eigenvalue weighted by Crippen LogP contribution is 2.60. The van der Waals surface area contributed by atoms with Crippen molar-refractivity contribution in [2.24, 2.45) is 10.9 Å². The molecule has 3 atom stereocenters. The van der Waals surface area contributed by atoms with Crippen molar-refractivity contribution in [2.45, 2.75) is 31.0 Å². The first-order valence-corrected chi connectivity index (χ1v) is 12.7. The maximum atomic E-state index is 15.0. The molecule has 2 aromatic carbocycles. The Bertz CT molecular complexity index is 1830. The van der Waals surface area contributed by atoms with Crippen LogP contribution in [0.25, 0.3) is 22.4 Å². The number of aromatic nitrogens is 5. The fraction of sp³-hybridized carbons (Fsp3) is 0.222. The number of hydrogen-bond donors (Lipinski definition) is 1. The summed E-state index contributed by atoms with van der Waals surface area (Å²) in [6.45, 7) is 0. The number of nitrogens with two attached hydrogens (primary N) is 1. The van der Waals surface area contributed by atoms with Crippen LogP contribution in [0.3, 0.4) is 0 Å². The van der Waals surface area contributed by atoms with Crippen molar-refractivity contribution < 1.29 is 17.6 Å². The second-order valence-electron chi connectivity index (χ2n) is 10.1. The molecule has 0 radical (unpaired) electrons. The number of allylic oxidation sites excluding steroid dienone is 1. The molecule has 2 N–H and O–H groups in total. The number of aliphatic imine (C=N–C) groups is 1. The Morgan fingerprint density at radius 2 is 1.90 bits per heavy atom. The van der Waals surface area contributed by atoms with Crippen LogP contribution < -0.4 is 11.3 Å². The number of anilines is 1. The molecule has 4 aromatic rings. The zero-order chi connectivity index (χ0) is 27.9. The third kappa shape index (κ3) is 3.77. The Hall–Kier alpha value is -4.32. The molecular formula is C27H18ClF4N7O. The molecule has 2 aromatic heterocycles. The molecule has 0 spiro atoms. The summed E-state index contributed by atoms with van der Waals surface area (Å²) in [6.07, 6.45) is -1.15. The summed E-state index contributed by atoms with van der Waals surface area (Å²) in [5.74, 6) is -1.17. The van der Waals surface area contributed by atoms with Crippen molar-refractivity contribution in [2.75, 3.05) is 5.73 Å². The van der Waals surface area contributed by atoms with Crippen LogP contribution in [0.4, 0.5) is 23.2 Å². The van der Waals surface area contributed by atoms with Gasteiger partial charge in [0.05, 0.1) is 11.7 Å². The van der Waals surface area contributed by atoms with Gasteiger partial charge in [-0.3, -0.25) is 9.79 Å². The Kier molecular flexibility index (Phi) is 5.30. The molecule has 40 heavy (non-hydrogen) atoms. The lowest BCUT2D eigenvalue weighted by molar-refractivity contribution is -0.139. The standard InChI is InChI=1S/C27H18ClF4N7O/c28-14-1-4-21(38-11-35-36-37-38)16(8-14)12-6-22-17-9-18(17)26(39(22)23(40)7-12)20-5-13(10-34-20)15-2-3-19(33)24(25(15)29)27(30,31)32/h1-4,6-8,10-11,17-18,26H,5,9,33H2/t17-,18+,26+/m1/s1. The first kappa shape index (κ1) is 24.7. The molecule has 4 heterocycles. The van der Waals surface area contributed by atoms with Gasteiger partial charge >= 0.3 is 6.18 Å².